The largest absolute Gasteiger partial charge is 0.380 e. The summed E-state index contributed by atoms with van der Waals surface area (Å²) in [5.74, 6) is 5.47. The third-order valence-corrected chi connectivity index (χ3v) is 2.68. The van der Waals surface area contributed by atoms with Crippen LogP contribution in [-0.2, 0) is 9.47 Å². The molecule has 0 aromatic rings. The molecule has 13 heavy (non-hydrogen) atoms. The predicted octanol–water partition coefficient (Wildman–Crippen LogP) is 0.424. The quantitative estimate of drug-likeness (QED) is 0.485. The molecule has 0 aromatic carbocycles. The topological polar surface area (TPSA) is 56.5 Å². The number of nitrogens with one attached hydrogen (secondary N) is 1. The van der Waals surface area contributed by atoms with Gasteiger partial charge in [-0.2, -0.15) is 0 Å². The molecule has 0 spiro atoms. The first-order chi connectivity index (χ1) is 6.23. The minimum Gasteiger partial charge on any atom is -0.380 e. The SMILES string of the molecule is CCOCC(NN)C1(C)CCCO1. The molecule has 0 aromatic heterocycles. The molecular formula is C9H20N2O2. The van der Waals surface area contributed by atoms with Gasteiger partial charge in [0.05, 0.1) is 18.2 Å². The Morgan fingerprint density at radius 1 is 1.69 bits per heavy atom. The Morgan fingerprint density at radius 3 is 2.92 bits per heavy atom. The van der Waals surface area contributed by atoms with Crippen LogP contribution in [0, 0.1) is 0 Å². The summed E-state index contributed by atoms with van der Waals surface area (Å²) in [6, 6.07) is 0.0925. The van der Waals surface area contributed by atoms with E-state index in [0.29, 0.717) is 13.2 Å². The van der Waals surface area contributed by atoms with E-state index < -0.39 is 0 Å². The van der Waals surface area contributed by atoms with E-state index in [2.05, 4.69) is 12.3 Å². The summed E-state index contributed by atoms with van der Waals surface area (Å²) in [6.45, 7) is 6.23. The van der Waals surface area contributed by atoms with Crippen molar-refractivity contribution in [2.45, 2.75) is 38.3 Å². The smallest absolute Gasteiger partial charge is 0.0843 e. The predicted molar refractivity (Wildman–Crippen MR) is 51.2 cm³/mol. The molecule has 1 aliphatic heterocycles. The van der Waals surface area contributed by atoms with E-state index in [1.807, 2.05) is 6.92 Å². The maximum absolute atomic E-state index is 5.67. The van der Waals surface area contributed by atoms with Crippen molar-refractivity contribution in [3.63, 3.8) is 0 Å². The van der Waals surface area contributed by atoms with Gasteiger partial charge < -0.3 is 9.47 Å². The van der Waals surface area contributed by atoms with Gasteiger partial charge >= 0.3 is 0 Å². The molecule has 0 amide bonds. The molecule has 1 aliphatic rings. The number of nitrogens with two attached hydrogens (primary N) is 1. The van der Waals surface area contributed by atoms with Crippen LogP contribution in [0.2, 0.25) is 0 Å². The molecular weight excluding hydrogens is 168 g/mol. The van der Waals surface area contributed by atoms with Gasteiger partial charge in [0.1, 0.15) is 0 Å². The number of hydrogen-bond acceptors (Lipinski definition) is 4. The van der Waals surface area contributed by atoms with Gasteiger partial charge in [0, 0.05) is 13.2 Å². The molecule has 1 saturated heterocycles. The molecule has 0 bridgehead atoms. The van der Waals surface area contributed by atoms with Gasteiger partial charge in [0.25, 0.3) is 0 Å². The number of ether oxygens (including phenoxy) is 2. The van der Waals surface area contributed by atoms with E-state index in [9.17, 15) is 0 Å². The lowest BCUT2D eigenvalue weighted by Crippen LogP contribution is -2.54. The maximum atomic E-state index is 5.67. The normalized spacial score (nSPS) is 30.7. The first kappa shape index (κ1) is 10.9. The van der Waals surface area contributed by atoms with Crippen LogP contribution < -0.4 is 11.3 Å². The van der Waals surface area contributed by atoms with E-state index in [0.717, 1.165) is 19.4 Å². The van der Waals surface area contributed by atoms with Gasteiger partial charge in [-0.25, -0.2) is 0 Å². The van der Waals surface area contributed by atoms with Crippen molar-refractivity contribution in [1.82, 2.24) is 5.43 Å². The van der Waals surface area contributed by atoms with Gasteiger partial charge in [0.2, 0.25) is 0 Å². The third-order valence-electron chi connectivity index (χ3n) is 2.68. The lowest BCUT2D eigenvalue weighted by molar-refractivity contribution is -0.0380. The van der Waals surface area contributed by atoms with E-state index in [1.54, 1.807) is 0 Å². The summed E-state index contributed by atoms with van der Waals surface area (Å²) in [6.07, 6.45) is 2.16. The van der Waals surface area contributed by atoms with E-state index >= 15 is 0 Å². The molecule has 1 fully saturated rings. The van der Waals surface area contributed by atoms with Crippen LogP contribution in [0.5, 0.6) is 0 Å². The Morgan fingerprint density at radius 2 is 2.46 bits per heavy atom. The highest BCUT2D eigenvalue weighted by Gasteiger charge is 2.37. The number of rotatable bonds is 5. The number of hydrazine groups is 1. The molecule has 4 nitrogen and oxygen atoms in total. The second kappa shape index (κ2) is 4.91. The highest BCUT2D eigenvalue weighted by Crippen LogP contribution is 2.28. The van der Waals surface area contributed by atoms with Crippen molar-refractivity contribution in [2.75, 3.05) is 19.8 Å². The van der Waals surface area contributed by atoms with Crippen molar-refractivity contribution in [3.05, 3.63) is 0 Å². The molecule has 2 unspecified atom stereocenters. The molecule has 0 saturated carbocycles. The van der Waals surface area contributed by atoms with Crippen LogP contribution in [0.3, 0.4) is 0 Å². The van der Waals surface area contributed by atoms with Gasteiger partial charge in [-0.3, -0.25) is 11.3 Å². The van der Waals surface area contributed by atoms with Gasteiger partial charge in [-0.05, 0) is 26.7 Å². The highest BCUT2D eigenvalue weighted by atomic mass is 16.5. The molecule has 2 atom stereocenters. The molecule has 1 rings (SSSR count). The van der Waals surface area contributed by atoms with Crippen molar-refractivity contribution in [1.29, 1.82) is 0 Å². The lowest BCUT2D eigenvalue weighted by Gasteiger charge is -2.32. The average molecular weight is 188 g/mol. The van der Waals surface area contributed by atoms with Crippen molar-refractivity contribution < 1.29 is 9.47 Å². The molecule has 0 radical (unpaired) electrons. The van der Waals surface area contributed by atoms with Crippen LogP contribution >= 0.6 is 0 Å². The Hall–Kier alpha value is -0.160. The van der Waals surface area contributed by atoms with E-state index in [4.69, 9.17) is 15.3 Å². The minimum atomic E-state index is -0.149. The van der Waals surface area contributed by atoms with Crippen LogP contribution in [-0.4, -0.2) is 31.5 Å². The fourth-order valence-electron chi connectivity index (χ4n) is 1.71. The second-order valence-electron chi connectivity index (χ2n) is 3.64. The van der Waals surface area contributed by atoms with E-state index in [1.165, 1.54) is 0 Å². The zero-order chi connectivity index (χ0) is 9.73. The molecule has 0 aliphatic carbocycles. The van der Waals surface area contributed by atoms with Gasteiger partial charge in [-0.1, -0.05) is 0 Å². The molecule has 78 valence electrons. The Labute approximate surface area is 79.7 Å². The monoisotopic (exact) mass is 188 g/mol. The first-order valence-corrected chi connectivity index (χ1v) is 4.91. The standard InChI is InChI=1S/C9H20N2O2/c1-3-12-7-8(11-10)9(2)5-4-6-13-9/h8,11H,3-7,10H2,1-2H3. The maximum Gasteiger partial charge on any atom is 0.0843 e. The Bertz CT molecular complexity index is 147. The molecule has 3 N–H and O–H groups in total. The van der Waals surface area contributed by atoms with Gasteiger partial charge in [-0.15, -0.1) is 0 Å². The summed E-state index contributed by atoms with van der Waals surface area (Å²) in [5, 5.41) is 0. The fraction of sp³-hybridized carbons (Fsp3) is 1.00. The van der Waals surface area contributed by atoms with Crippen molar-refractivity contribution in [3.8, 4) is 0 Å². The first-order valence-electron chi connectivity index (χ1n) is 4.91. The van der Waals surface area contributed by atoms with Crippen LogP contribution in [0.25, 0.3) is 0 Å². The van der Waals surface area contributed by atoms with Gasteiger partial charge in [0.15, 0.2) is 0 Å². The zero-order valence-electron chi connectivity index (χ0n) is 8.51. The summed E-state index contributed by atoms with van der Waals surface area (Å²) < 4.78 is 11.0. The minimum absolute atomic E-state index is 0.0925. The summed E-state index contributed by atoms with van der Waals surface area (Å²) in [5.41, 5.74) is 2.62. The Kier molecular flexibility index (Phi) is 4.12. The zero-order valence-corrected chi connectivity index (χ0v) is 8.51. The molecule has 4 heteroatoms. The third kappa shape index (κ3) is 2.64. The fourth-order valence-corrected chi connectivity index (χ4v) is 1.71. The van der Waals surface area contributed by atoms with Crippen LogP contribution in [0.15, 0.2) is 0 Å². The highest BCUT2D eigenvalue weighted by molar-refractivity contribution is 4.91. The summed E-state index contributed by atoms with van der Waals surface area (Å²) in [4.78, 5) is 0. The number of hydrogen-bond donors (Lipinski definition) is 2. The molecule has 1 heterocycles. The Balaban J connectivity index is 2.43. The second-order valence-corrected chi connectivity index (χ2v) is 3.64. The van der Waals surface area contributed by atoms with Crippen molar-refractivity contribution in [2.24, 2.45) is 5.84 Å². The summed E-state index contributed by atoms with van der Waals surface area (Å²) in [7, 11) is 0. The van der Waals surface area contributed by atoms with Crippen molar-refractivity contribution >= 4 is 0 Å². The van der Waals surface area contributed by atoms with E-state index in [-0.39, 0.29) is 11.6 Å². The summed E-state index contributed by atoms with van der Waals surface area (Å²) >= 11 is 0. The van der Waals surface area contributed by atoms with Crippen LogP contribution in [0.4, 0.5) is 0 Å². The average Bonchev–Trinajstić information content (AvgIpc) is 2.54. The lowest BCUT2D eigenvalue weighted by atomic mass is 9.94. The van der Waals surface area contributed by atoms with Crippen LogP contribution in [0.1, 0.15) is 26.7 Å².